The molecule has 0 aliphatic heterocycles. The van der Waals surface area contributed by atoms with Gasteiger partial charge in [0.2, 0.25) is 0 Å². The largest absolute Gasteiger partial charge is 0.496 e. The first-order chi connectivity index (χ1) is 10.00. The van der Waals surface area contributed by atoms with E-state index in [0.29, 0.717) is 12.3 Å². The maximum atomic E-state index is 10.9. The Bertz CT molecular complexity index is 468. The van der Waals surface area contributed by atoms with Crippen LogP contribution in [0.25, 0.3) is 0 Å². The topological polar surface area (TPSA) is 64.4 Å². The van der Waals surface area contributed by atoms with Crippen LogP contribution in [0, 0.1) is 10.1 Å². The first kappa shape index (κ1) is 17.8. The van der Waals surface area contributed by atoms with Crippen LogP contribution in [0.15, 0.2) is 18.2 Å². The SMILES string of the molecule is CCC(CC)(CNCc1cc(OC)cc([N+](=O)[O-])c1)SC. The van der Waals surface area contributed by atoms with Crippen molar-refractivity contribution in [3.63, 3.8) is 0 Å². The number of hydrogen-bond acceptors (Lipinski definition) is 5. The molecule has 0 aromatic heterocycles. The molecule has 1 N–H and O–H groups in total. The van der Waals surface area contributed by atoms with Gasteiger partial charge in [0.15, 0.2) is 0 Å². The first-order valence-corrected chi connectivity index (χ1v) is 8.31. The fraction of sp³-hybridized carbons (Fsp3) is 0.600. The standard InChI is InChI=1S/C15H24N2O3S/c1-5-15(6-2,21-4)11-16-10-12-7-13(17(18)19)9-14(8-12)20-3/h7-9,16H,5-6,10-11H2,1-4H3. The van der Waals surface area contributed by atoms with Crippen molar-refractivity contribution in [1.29, 1.82) is 0 Å². The zero-order valence-electron chi connectivity index (χ0n) is 13.1. The van der Waals surface area contributed by atoms with E-state index in [4.69, 9.17) is 4.74 Å². The summed E-state index contributed by atoms with van der Waals surface area (Å²) in [6.07, 6.45) is 4.32. The Balaban J connectivity index is 2.75. The van der Waals surface area contributed by atoms with Gasteiger partial charge in [0.1, 0.15) is 5.75 Å². The summed E-state index contributed by atoms with van der Waals surface area (Å²) in [5, 5.41) is 14.3. The zero-order valence-corrected chi connectivity index (χ0v) is 14.0. The van der Waals surface area contributed by atoms with Crippen molar-refractivity contribution in [3.8, 4) is 5.75 Å². The van der Waals surface area contributed by atoms with Gasteiger partial charge in [0, 0.05) is 23.9 Å². The van der Waals surface area contributed by atoms with Crippen LogP contribution in [-0.4, -0.2) is 29.6 Å². The second-order valence-electron chi connectivity index (χ2n) is 4.99. The molecular weight excluding hydrogens is 288 g/mol. The van der Waals surface area contributed by atoms with E-state index in [9.17, 15) is 10.1 Å². The Kier molecular flexibility index (Phi) is 6.98. The summed E-state index contributed by atoms with van der Waals surface area (Å²) < 4.78 is 5.35. The number of nitrogens with zero attached hydrogens (tertiary/aromatic N) is 1. The van der Waals surface area contributed by atoms with Crippen molar-refractivity contribution in [2.45, 2.75) is 38.0 Å². The highest BCUT2D eigenvalue weighted by Gasteiger charge is 2.24. The number of benzene rings is 1. The highest BCUT2D eigenvalue weighted by Crippen LogP contribution is 2.29. The molecule has 0 aliphatic rings. The average molecular weight is 312 g/mol. The van der Waals surface area contributed by atoms with Crippen molar-refractivity contribution in [3.05, 3.63) is 33.9 Å². The number of non-ortho nitro benzene ring substituents is 1. The number of methoxy groups -OCH3 is 1. The van der Waals surface area contributed by atoms with E-state index in [0.717, 1.165) is 24.9 Å². The minimum absolute atomic E-state index is 0.0632. The first-order valence-electron chi connectivity index (χ1n) is 7.08. The number of thioether (sulfide) groups is 1. The van der Waals surface area contributed by atoms with Gasteiger partial charge in [0.25, 0.3) is 5.69 Å². The summed E-state index contributed by atoms with van der Waals surface area (Å²) >= 11 is 1.87. The fourth-order valence-electron chi connectivity index (χ4n) is 2.26. The van der Waals surface area contributed by atoms with Gasteiger partial charge < -0.3 is 10.1 Å². The third kappa shape index (κ3) is 4.89. The third-order valence-corrected chi connectivity index (χ3v) is 5.48. The Hall–Kier alpha value is -1.27. The van der Waals surface area contributed by atoms with Gasteiger partial charge in [-0.15, -0.1) is 0 Å². The van der Waals surface area contributed by atoms with Gasteiger partial charge >= 0.3 is 0 Å². The molecule has 0 saturated carbocycles. The molecule has 21 heavy (non-hydrogen) atoms. The molecule has 6 heteroatoms. The lowest BCUT2D eigenvalue weighted by Crippen LogP contribution is -2.36. The molecule has 118 valence electrons. The van der Waals surface area contributed by atoms with Crippen molar-refractivity contribution >= 4 is 17.4 Å². The van der Waals surface area contributed by atoms with E-state index in [-0.39, 0.29) is 10.4 Å². The van der Waals surface area contributed by atoms with E-state index in [1.165, 1.54) is 13.2 Å². The number of nitro benzene ring substituents is 1. The molecule has 5 nitrogen and oxygen atoms in total. The lowest BCUT2D eigenvalue weighted by Gasteiger charge is -2.30. The smallest absolute Gasteiger partial charge is 0.273 e. The fourth-order valence-corrected chi connectivity index (χ4v) is 3.09. The molecule has 1 aromatic rings. The van der Waals surface area contributed by atoms with E-state index in [2.05, 4.69) is 25.4 Å². The summed E-state index contributed by atoms with van der Waals surface area (Å²) in [7, 11) is 1.52. The quantitative estimate of drug-likeness (QED) is 0.557. The molecule has 0 atom stereocenters. The minimum Gasteiger partial charge on any atom is -0.496 e. The Morgan fingerprint density at radius 1 is 1.33 bits per heavy atom. The van der Waals surface area contributed by atoms with Gasteiger partial charge in [-0.05, 0) is 30.7 Å². The predicted octanol–water partition coefficient (Wildman–Crippen LogP) is 3.61. The average Bonchev–Trinajstić information content (AvgIpc) is 2.51. The number of rotatable bonds is 9. The lowest BCUT2D eigenvalue weighted by molar-refractivity contribution is -0.385. The van der Waals surface area contributed by atoms with Crippen molar-refractivity contribution in [2.75, 3.05) is 19.9 Å². The zero-order chi connectivity index (χ0) is 15.9. The molecule has 0 aliphatic carbocycles. The van der Waals surface area contributed by atoms with Crippen LogP contribution in [0.2, 0.25) is 0 Å². The van der Waals surface area contributed by atoms with Crippen LogP contribution in [0.3, 0.4) is 0 Å². The summed E-state index contributed by atoms with van der Waals surface area (Å²) in [5.74, 6) is 0.517. The molecule has 0 fully saturated rings. The molecule has 0 unspecified atom stereocenters. The van der Waals surface area contributed by atoms with E-state index in [1.54, 1.807) is 6.07 Å². The molecule has 1 aromatic carbocycles. The van der Waals surface area contributed by atoms with E-state index in [1.807, 2.05) is 17.8 Å². The maximum Gasteiger partial charge on any atom is 0.273 e. The van der Waals surface area contributed by atoms with Gasteiger partial charge in [-0.1, -0.05) is 13.8 Å². The summed E-state index contributed by atoms with van der Waals surface area (Å²) in [6, 6.07) is 4.86. The normalized spacial score (nSPS) is 11.4. The van der Waals surface area contributed by atoms with Crippen LogP contribution < -0.4 is 10.1 Å². The van der Waals surface area contributed by atoms with Gasteiger partial charge in [-0.25, -0.2) is 0 Å². The third-order valence-electron chi connectivity index (χ3n) is 3.90. The van der Waals surface area contributed by atoms with Crippen LogP contribution in [0.1, 0.15) is 32.3 Å². The molecule has 0 spiro atoms. The van der Waals surface area contributed by atoms with Gasteiger partial charge in [-0.2, -0.15) is 11.8 Å². The second kappa shape index (κ2) is 8.24. The molecular formula is C15H24N2O3S. The number of hydrogen-bond donors (Lipinski definition) is 1. The van der Waals surface area contributed by atoms with Crippen molar-refractivity contribution in [1.82, 2.24) is 5.32 Å². The lowest BCUT2D eigenvalue weighted by atomic mass is 10.0. The highest BCUT2D eigenvalue weighted by atomic mass is 32.2. The van der Waals surface area contributed by atoms with Crippen molar-refractivity contribution in [2.24, 2.45) is 0 Å². The molecule has 0 radical (unpaired) electrons. The second-order valence-corrected chi connectivity index (χ2v) is 6.27. The van der Waals surface area contributed by atoms with E-state index >= 15 is 0 Å². The summed E-state index contributed by atoms with van der Waals surface area (Å²) in [6.45, 7) is 5.86. The van der Waals surface area contributed by atoms with Crippen LogP contribution in [0.4, 0.5) is 5.69 Å². The number of nitrogens with one attached hydrogen (secondary N) is 1. The highest BCUT2D eigenvalue weighted by molar-refractivity contribution is 8.00. The van der Waals surface area contributed by atoms with Crippen molar-refractivity contribution < 1.29 is 9.66 Å². The molecule has 1 rings (SSSR count). The van der Waals surface area contributed by atoms with Gasteiger partial charge in [-0.3, -0.25) is 10.1 Å². The van der Waals surface area contributed by atoms with Crippen LogP contribution >= 0.6 is 11.8 Å². The van der Waals surface area contributed by atoms with Gasteiger partial charge in [0.05, 0.1) is 18.1 Å². The van der Waals surface area contributed by atoms with Crippen LogP contribution in [0.5, 0.6) is 5.75 Å². The predicted molar refractivity (Wildman–Crippen MR) is 88.2 cm³/mol. The summed E-state index contributed by atoms with van der Waals surface area (Å²) in [5.41, 5.74) is 0.927. The number of ether oxygens (including phenoxy) is 1. The Morgan fingerprint density at radius 2 is 2.00 bits per heavy atom. The molecule has 0 heterocycles. The Morgan fingerprint density at radius 3 is 2.48 bits per heavy atom. The maximum absolute atomic E-state index is 10.9. The monoisotopic (exact) mass is 312 g/mol. The number of nitro groups is 1. The minimum atomic E-state index is -0.393. The summed E-state index contributed by atoms with van der Waals surface area (Å²) in [4.78, 5) is 10.5. The van der Waals surface area contributed by atoms with Crippen LogP contribution in [-0.2, 0) is 6.54 Å². The molecule has 0 amide bonds. The van der Waals surface area contributed by atoms with E-state index < -0.39 is 4.92 Å². The molecule has 0 saturated heterocycles. The Labute approximate surface area is 130 Å². The molecule has 0 bridgehead atoms.